The molecule has 22 heavy (non-hydrogen) atoms. The smallest absolute Gasteiger partial charge is 0.0409 e. The molecule has 2 aromatic rings. The van der Waals surface area contributed by atoms with Gasteiger partial charge in [0.25, 0.3) is 0 Å². The highest BCUT2D eigenvalue weighted by atomic mass is 35.5. The van der Waals surface area contributed by atoms with Gasteiger partial charge in [0.15, 0.2) is 0 Å². The van der Waals surface area contributed by atoms with Gasteiger partial charge in [-0.1, -0.05) is 37.6 Å². The van der Waals surface area contributed by atoms with Gasteiger partial charge >= 0.3 is 0 Å². The molecule has 2 heteroatoms. The lowest BCUT2D eigenvalue weighted by Gasteiger charge is -2.24. The number of benzene rings is 2. The fourth-order valence-corrected chi connectivity index (χ4v) is 3.42. The van der Waals surface area contributed by atoms with Crippen molar-refractivity contribution in [3.05, 3.63) is 52.5 Å². The molecule has 0 aliphatic heterocycles. The highest BCUT2D eigenvalue weighted by Gasteiger charge is 2.19. The van der Waals surface area contributed by atoms with Gasteiger partial charge in [-0.15, -0.1) is 0 Å². The molecular formula is C20H24ClN. The first kappa shape index (κ1) is 15.4. The Balaban J connectivity index is 1.91. The molecule has 1 nitrogen and oxygen atoms in total. The second kappa shape index (κ2) is 6.34. The molecule has 116 valence electrons. The van der Waals surface area contributed by atoms with Gasteiger partial charge in [0.05, 0.1) is 0 Å². The maximum Gasteiger partial charge on any atom is 0.0409 e. The van der Waals surface area contributed by atoms with Gasteiger partial charge in [0, 0.05) is 23.8 Å². The lowest BCUT2D eigenvalue weighted by Crippen LogP contribution is -2.24. The lowest BCUT2D eigenvalue weighted by molar-refractivity contribution is 0.576. The summed E-state index contributed by atoms with van der Waals surface area (Å²) < 4.78 is 0. The van der Waals surface area contributed by atoms with Crippen LogP contribution in [0.3, 0.4) is 0 Å². The minimum atomic E-state index is 0.742. The Labute approximate surface area is 138 Å². The van der Waals surface area contributed by atoms with E-state index >= 15 is 0 Å². The standard InChI is InChI=1S/C20H24ClN/c1-4-22(10-9-14(2)3)18-7-5-15-11-16-12-17(21)6-8-19(16)20(15)13-18/h5-8,12-14H,4,9-11H2,1-3H3. The van der Waals surface area contributed by atoms with E-state index in [1.165, 1.54) is 34.4 Å². The fourth-order valence-electron chi connectivity index (χ4n) is 3.23. The van der Waals surface area contributed by atoms with Crippen LogP contribution < -0.4 is 4.90 Å². The quantitative estimate of drug-likeness (QED) is 0.577. The van der Waals surface area contributed by atoms with E-state index in [0.717, 1.165) is 30.5 Å². The van der Waals surface area contributed by atoms with E-state index in [2.05, 4.69) is 56.0 Å². The van der Waals surface area contributed by atoms with E-state index < -0.39 is 0 Å². The highest BCUT2D eigenvalue weighted by Crippen LogP contribution is 2.39. The maximum atomic E-state index is 6.13. The predicted molar refractivity (Wildman–Crippen MR) is 97.0 cm³/mol. The summed E-state index contributed by atoms with van der Waals surface area (Å²) in [7, 11) is 0. The monoisotopic (exact) mass is 313 g/mol. The van der Waals surface area contributed by atoms with Crippen molar-refractivity contribution in [2.24, 2.45) is 5.92 Å². The fraction of sp³-hybridized carbons (Fsp3) is 0.400. The van der Waals surface area contributed by atoms with Crippen molar-refractivity contribution in [2.75, 3.05) is 18.0 Å². The Kier molecular flexibility index (Phi) is 4.44. The number of fused-ring (bicyclic) bond motifs is 3. The topological polar surface area (TPSA) is 3.24 Å². The molecule has 0 unspecified atom stereocenters. The van der Waals surface area contributed by atoms with E-state index in [1.54, 1.807) is 0 Å². The molecule has 2 aromatic carbocycles. The molecule has 0 radical (unpaired) electrons. The third-order valence-electron chi connectivity index (χ3n) is 4.56. The Morgan fingerprint density at radius 1 is 1.05 bits per heavy atom. The molecule has 0 bridgehead atoms. The lowest BCUT2D eigenvalue weighted by atomic mass is 10.0. The number of anilines is 1. The largest absolute Gasteiger partial charge is 0.372 e. The van der Waals surface area contributed by atoms with E-state index in [-0.39, 0.29) is 0 Å². The van der Waals surface area contributed by atoms with Crippen LogP contribution in [0, 0.1) is 5.92 Å². The van der Waals surface area contributed by atoms with Gasteiger partial charge in [0.2, 0.25) is 0 Å². The van der Waals surface area contributed by atoms with Crippen LogP contribution in [0.4, 0.5) is 5.69 Å². The summed E-state index contributed by atoms with van der Waals surface area (Å²) in [6.45, 7) is 8.99. The Morgan fingerprint density at radius 2 is 1.86 bits per heavy atom. The number of halogens is 1. The zero-order valence-electron chi connectivity index (χ0n) is 13.7. The molecule has 0 aromatic heterocycles. The van der Waals surface area contributed by atoms with Crippen LogP contribution in [0.15, 0.2) is 36.4 Å². The molecule has 3 rings (SSSR count). The second-order valence-electron chi connectivity index (χ2n) is 6.58. The van der Waals surface area contributed by atoms with Crippen molar-refractivity contribution in [1.82, 2.24) is 0 Å². The van der Waals surface area contributed by atoms with Gasteiger partial charge in [-0.05, 0) is 72.2 Å². The van der Waals surface area contributed by atoms with Gasteiger partial charge < -0.3 is 4.90 Å². The third-order valence-corrected chi connectivity index (χ3v) is 4.79. The van der Waals surface area contributed by atoms with Gasteiger partial charge in [-0.25, -0.2) is 0 Å². The van der Waals surface area contributed by atoms with E-state index in [1.807, 2.05) is 6.07 Å². The van der Waals surface area contributed by atoms with Gasteiger partial charge in [-0.3, -0.25) is 0 Å². The molecule has 0 spiro atoms. The SMILES string of the molecule is CCN(CCC(C)C)c1ccc2c(c1)-c1ccc(Cl)cc1C2. The van der Waals surface area contributed by atoms with Crippen LogP contribution in [0.25, 0.3) is 11.1 Å². The number of rotatable bonds is 5. The van der Waals surface area contributed by atoms with Crippen molar-refractivity contribution in [1.29, 1.82) is 0 Å². The number of hydrogen-bond donors (Lipinski definition) is 0. The molecular weight excluding hydrogens is 290 g/mol. The molecule has 0 saturated heterocycles. The second-order valence-corrected chi connectivity index (χ2v) is 7.02. The van der Waals surface area contributed by atoms with Crippen LogP contribution in [0.2, 0.25) is 5.02 Å². The van der Waals surface area contributed by atoms with Crippen LogP contribution >= 0.6 is 11.6 Å². The van der Waals surface area contributed by atoms with E-state index in [4.69, 9.17) is 11.6 Å². The Hall–Kier alpha value is -1.47. The molecule has 0 amide bonds. The van der Waals surface area contributed by atoms with Crippen LogP contribution in [-0.4, -0.2) is 13.1 Å². The average molecular weight is 314 g/mol. The minimum absolute atomic E-state index is 0.742. The Bertz CT molecular complexity index is 675. The predicted octanol–water partition coefficient (Wildman–Crippen LogP) is 5.78. The van der Waals surface area contributed by atoms with Crippen molar-refractivity contribution in [3.63, 3.8) is 0 Å². The number of hydrogen-bond acceptors (Lipinski definition) is 1. The summed E-state index contributed by atoms with van der Waals surface area (Å²) in [5, 5.41) is 0.832. The Morgan fingerprint density at radius 3 is 2.59 bits per heavy atom. The van der Waals surface area contributed by atoms with E-state index in [0.29, 0.717) is 0 Å². The summed E-state index contributed by atoms with van der Waals surface area (Å²) in [6, 6.07) is 13.2. The number of nitrogens with zero attached hydrogens (tertiary/aromatic N) is 1. The summed E-state index contributed by atoms with van der Waals surface area (Å²) in [6.07, 6.45) is 2.24. The zero-order chi connectivity index (χ0) is 15.7. The third kappa shape index (κ3) is 3.01. The maximum absolute atomic E-state index is 6.13. The molecule has 0 atom stereocenters. The van der Waals surface area contributed by atoms with E-state index in [9.17, 15) is 0 Å². The summed E-state index contributed by atoms with van der Waals surface area (Å²) in [5.74, 6) is 0.742. The molecule has 0 heterocycles. The normalized spacial score (nSPS) is 12.4. The first-order chi connectivity index (χ1) is 10.6. The average Bonchev–Trinajstić information content (AvgIpc) is 2.84. The molecule has 1 aliphatic carbocycles. The molecule has 0 fully saturated rings. The molecule has 0 saturated carbocycles. The van der Waals surface area contributed by atoms with Crippen molar-refractivity contribution >= 4 is 17.3 Å². The zero-order valence-corrected chi connectivity index (χ0v) is 14.5. The summed E-state index contributed by atoms with van der Waals surface area (Å²) in [4.78, 5) is 2.48. The van der Waals surface area contributed by atoms with Crippen LogP contribution in [0.5, 0.6) is 0 Å². The van der Waals surface area contributed by atoms with Crippen LogP contribution in [0.1, 0.15) is 38.3 Å². The highest BCUT2D eigenvalue weighted by molar-refractivity contribution is 6.30. The summed E-state index contributed by atoms with van der Waals surface area (Å²) in [5.41, 5.74) is 6.84. The first-order valence-electron chi connectivity index (χ1n) is 8.25. The first-order valence-corrected chi connectivity index (χ1v) is 8.63. The summed E-state index contributed by atoms with van der Waals surface area (Å²) >= 11 is 6.13. The van der Waals surface area contributed by atoms with Crippen molar-refractivity contribution in [3.8, 4) is 11.1 Å². The van der Waals surface area contributed by atoms with Crippen LogP contribution in [-0.2, 0) is 6.42 Å². The molecule has 0 N–H and O–H groups in total. The van der Waals surface area contributed by atoms with Crippen molar-refractivity contribution in [2.45, 2.75) is 33.6 Å². The molecule has 1 aliphatic rings. The van der Waals surface area contributed by atoms with Gasteiger partial charge in [0.1, 0.15) is 0 Å². The van der Waals surface area contributed by atoms with Gasteiger partial charge in [-0.2, -0.15) is 0 Å². The van der Waals surface area contributed by atoms with Crippen molar-refractivity contribution < 1.29 is 0 Å². The minimum Gasteiger partial charge on any atom is -0.372 e.